The Morgan fingerprint density at radius 1 is 1.33 bits per heavy atom. The molecule has 1 aromatic rings. The van der Waals surface area contributed by atoms with Gasteiger partial charge in [-0.05, 0) is 26.0 Å². The fourth-order valence-electron chi connectivity index (χ4n) is 1.75. The SMILES string of the molecule is CC1(C)C(=O)N(c2ccccc2C(N)=S)S1(=O)=O. The van der Waals surface area contributed by atoms with Gasteiger partial charge < -0.3 is 5.73 Å². The Morgan fingerprint density at radius 3 is 2.39 bits per heavy atom. The molecule has 5 nitrogen and oxygen atoms in total. The van der Waals surface area contributed by atoms with Crippen molar-refractivity contribution in [1.82, 2.24) is 0 Å². The fraction of sp³-hybridized carbons (Fsp3) is 0.273. The van der Waals surface area contributed by atoms with Crippen LogP contribution in [0.15, 0.2) is 24.3 Å². The van der Waals surface area contributed by atoms with Crippen LogP contribution in [0, 0.1) is 0 Å². The first kappa shape index (κ1) is 13.0. The summed E-state index contributed by atoms with van der Waals surface area (Å²) in [6.45, 7) is 2.76. The maximum Gasteiger partial charge on any atom is 0.263 e. The fourth-order valence-corrected chi connectivity index (χ4v) is 3.42. The van der Waals surface area contributed by atoms with Crippen LogP contribution in [-0.2, 0) is 14.8 Å². The van der Waals surface area contributed by atoms with Gasteiger partial charge in [0.1, 0.15) is 4.99 Å². The average Bonchev–Trinajstić information content (AvgIpc) is 2.29. The number of hydrogen-bond donors (Lipinski definition) is 1. The molecule has 0 atom stereocenters. The summed E-state index contributed by atoms with van der Waals surface area (Å²) in [4.78, 5) is 12.0. The van der Waals surface area contributed by atoms with Gasteiger partial charge in [-0.3, -0.25) is 4.79 Å². The van der Waals surface area contributed by atoms with Crippen LogP contribution in [0.5, 0.6) is 0 Å². The van der Waals surface area contributed by atoms with Crippen molar-refractivity contribution in [3.63, 3.8) is 0 Å². The van der Waals surface area contributed by atoms with Crippen molar-refractivity contribution in [3.8, 4) is 0 Å². The van der Waals surface area contributed by atoms with Crippen LogP contribution < -0.4 is 10.0 Å². The Kier molecular flexibility index (Phi) is 2.71. The molecule has 0 radical (unpaired) electrons. The van der Waals surface area contributed by atoms with E-state index >= 15 is 0 Å². The molecule has 0 bridgehead atoms. The van der Waals surface area contributed by atoms with Crippen LogP contribution in [0.3, 0.4) is 0 Å². The smallest absolute Gasteiger partial charge is 0.263 e. The van der Waals surface area contributed by atoms with E-state index in [4.69, 9.17) is 18.0 Å². The third-order valence-electron chi connectivity index (χ3n) is 2.97. The lowest BCUT2D eigenvalue weighted by Gasteiger charge is -2.43. The largest absolute Gasteiger partial charge is 0.389 e. The highest BCUT2D eigenvalue weighted by atomic mass is 32.2. The number of amides is 1. The molecule has 0 unspecified atom stereocenters. The summed E-state index contributed by atoms with van der Waals surface area (Å²) in [5.41, 5.74) is 6.12. The molecule has 7 heteroatoms. The quantitative estimate of drug-likeness (QED) is 0.812. The van der Waals surface area contributed by atoms with Crippen LogP contribution in [0.25, 0.3) is 0 Å². The average molecular weight is 284 g/mol. The molecule has 1 aliphatic rings. The summed E-state index contributed by atoms with van der Waals surface area (Å²) in [5, 5.41) is 0. The number of rotatable bonds is 2. The number of para-hydroxylation sites is 1. The molecule has 2 N–H and O–H groups in total. The number of thiocarbonyl (C=S) groups is 1. The summed E-state index contributed by atoms with van der Waals surface area (Å²) in [6, 6.07) is 6.41. The minimum absolute atomic E-state index is 0.0540. The van der Waals surface area contributed by atoms with Gasteiger partial charge in [0.25, 0.3) is 15.9 Å². The zero-order valence-electron chi connectivity index (χ0n) is 9.88. The lowest BCUT2D eigenvalue weighted by molar-refractivity contribution is -0.120. The number of carbonyl (C=O) groups excluding carboxylic acids is 1. The first-order valence-electron chi connectivity index (χ1n) is 5.19. The Bertz CT molecular complexity index is 650. The highest BCUT2D eigenvalue weighted by Crippen LogP contribution is 2.40. The summed E-state index contributed by atoms with van der Waals surface area (Å²) >= 11 is 4.86. The maximum absolute atomic E-state index is 12.1. The number of benzene rings is 1. The standard InChI is InChI=1S/C11H12N2O3S2/c1-11(2)10(14)13(18(11,15)16)8-6-4-3-5-7(8)9(12)17/h3-6H,1-2H3,(H2,12,17). The third-order valence-corrected chi connectivity index (χ3v) is 5.50. The van der Waals surface area contributed by atoms with Gasteiger partial charge in [-0.15, -0.1) is 0 Å². The number of sulfonamides is 1. The van der Waals surface area contributed by atoms with Crippen molar-refractivity contribution in [3.05, 3.63) is 29.8 Å². The van der Waals surface area contributed by atoms with Crippen LogP contribution in [0.4, 0.5) is 5.69 Å². The zero-order chi connectivity index (χ0) is 13.7. The molecule has 1 aromatic carbocycles. The van der Waals surface area contributed by atoms with E-state index in [9.17, 15) is 13.2 Å². The van der Waals surface area contributed by atoms with E-state index in [1.54, 1.807) is 18.2 Å². The van der Waals surface area contributed by atoms with Crippen LogP contribution >= 0.6 is 12.2 Å². The molecule has 0 spiro atoms. The lowest BCUT2D eigenvalue weighted by Crippen LogP contribution is -2.68. The second-order valence-corrected chi connectivity index (χ2v) is 7.24. The molecule has 96 valence electrons. The van der Waals surface area contributed by atoms with Crippen molar-refractivity contribution in [2.45, 2.75) is 18.6 Å². The Morgan fingerprint density at radius 2 is 1.89 bits per heavy atom. The molecule has 1 fully saturated rings. The minimum atomic E-state index is -3.69. The number of hydrogen-bond acceptors (Lipinski definition) is 4. The summed E-state index contributed by atoms with van der Waals surface area (Å²) in [7, 11) is -3.69. The predicted octanol–water partition coefficient (Wildman–Crippen LogP) is 0.776. The summed E-state index contributed by atoms with van der Waals surface area (Å²) < 4.78 is 23.5. The zero-order valence-corrected chi connectivity index (χ0v) is 11.5. The van der Waals surface area contributed by atoms with E-state index in [0.717, 1.165) is 4.31 Å². The van der Waals surface area contributed by atoms with E-state index in [1.807, 2.05) is 0 Å². The Balaban J connectivity index is 2.60. The molecular weight excluding hydrogens is 272 g/mol. The first-order chi connectivity index (χ1) is 8.21. The number of anilines is 1. The highest BCUT2D eigenvalue weighted by molar-refractivity contribution is 7.98. The van der Waals surface area contributed by atoms with Crippen LogP contribution in [-0.4, -0.2) is 24.1 Å². The molecule has 1 aliphatic heterocycles. The molecule has 0 aliphatic carbocycles. The second kappa shape index (κ2) is 3.76. The monoisotopic (exact) mass is 284 g/mol. The van der Waals surface area contributed by atoms with Crippen molar-refractivity contribution >= 4 is 38.8 Å². The van der Waals surface area contributed by atoms with E-state index in [0.29, 0.717) is 5.56 Å². The van der Waals surface area contributed by atoms with E-state index in [1.165, 1.54) is 19.9 Å². The minimum Gasteiger partial charge on any atom is -0.389 e. The van der Waals surface area contributed by atoms with Gasteiger partial charge in [0.15, 0.2) is 4.75 Å². The third kappa shape index (κ3) is 1.47. The summed E-state index contributed by atoms with van der Waals surface area (Å²) in [5.74, 6) is -0.480. The van der Waals surface area contributed by atoms with Gasteiger partial charge in [0.2, 0.25) is 0 Å². The van der Waals surface area contributed by atoms with Crippen molar-refractivity contribution in [1.29, 1.82) is 0 Å². The van der Waals surface area contributed by atoms with Gasteiger partial charge in [0.05, 0.1) is 5.69 Å². The molecule has 1 heterocycles. The van der Waals surface area contributed by atoms with Crippen molar-refractivity contribution < 1.29 is 13.2 Å². The molecule has 0 aromatic heterocycles. The predicted molar refractivity (Wildman–Crippen MR) is 72.8 cm³/mol. The number of nitrogens with two attached hydrogens (primary N) is 1. The molecule has 1 amide bonds. The molecule has 0 saturated carbocycles. The van der Waals surface area contributed by atoms with Gasteiger partial charge >= 0.3 is 0 Å². The van der Waals surface area contributed by atoms with Gasteiger partial charge in [0, 0.05) is 5.56 Å². The van der Waals surface area contributed by atoms with E-state index in [2.05, 4.69) is 0 Å². The van der Waals surface area contributed by atoms with Crippen LogP contribution in [0.1, 0.15) is 19.4 Å². The number of nitrogens with zero attached hydrogens (tertiary/aromatic N) is 1. The first-order valence-corrected chi connectivity index (χ1v) is 7.04. The molecule has 2 rings (SSSR count). The maximum atomic E-state index is 12.1. The topological polar surface area (TPSA) is 80.5 Å². The second-order valence-electron chi connectivity index (χ2n) is 4.47. The van der Waals surface area contributed by atoms with E-state index < -0.39 is 20.7 Å². The van der Waals surface area contributed by atoms with Gasteiger partial charge in [-0.1, -0.05) is 24.4 Å². The van der Waals surface area contributed by atoms with E-state index in [-0.39, 0.29) is 10.7 Å². The van der Waals surface area contributed by atoms with Gasteiger partial charge in [-0.2, -0.15) is 0 Å². The molecule has 1 saturated heterocycles. The normalized spacial score (nSPS) is 20.3. The van der Waals surface area contributed by atoms with Crippen molar-refractivity contribution in [2.24, 2.45) is 5.73 Å². The lowest BCUT2D eigenvalue weighted by atomic mass is 10.1. The van der Waals surface area contributed by atoms with Gasteiger partial charge in [-0.25, -0.2) is 12.7 Å². The Labute approximate surface area is 111 Å². The molecular formula is C11H12N2O3S2. The molecule has 18 heavy (non-hydrogen) atoms. The summed E-state index contributed by atoms with van der Waals surface area (Å²) in [6.07, 6.45) is 0. The Hall–Kier alpha value is -1.47. The highest BCUT2D eigenvalue weighted by Gasteiger charge is 2.61. The van der Waals surface area contributed by atoms with Crippen molar-refractivity contribution in [2.75, 3.05) is 4.31 Å². The number of carbonyl (C=O) groups is 1. The van der Waals surface area contributed by atoms with Crippen LogP contribution in [0.2, 0.25) is 0 Å².